The van der Waals surface area contributed by atoms with Gasteiger partial charge in [0.15, 0.2) is 11.6 Å². The number of phenolic OH excluding ortho intramolecular Hbond substituents is 1. The van der Waals surface area contributed by atoms with Crippen LogP contribution >= 0.6 is 0 Å². The van der Waals surface area contributed by atoms with E-state index in [0.29, 0.717) is 0 Å². The number of hydrogen-bond donors (Lipinski definition) is 1. The molecule has 0 fully saturated rings. The van der Waals surface area contributed by atoms with Gasteiger partial charge in [-0.05, 0) is 6.07 Å². The van der Waals surface area contributed by atoms with Crippen LogP contribution in [0.15, 0.2) is 12.1 Å². The van der Waals surface area contributed by atoms with E-state index in [1.165, 1.54) is 6.07 Å². The summed E-state index contributed by atoms with van der Waals surface area (Å²) in [5.74, 6) is -3.20. The van der Waals surface area contributed by atoms with Crippen molar-refractivity contribution >= 4 is 0 Å². The van der Waals surface area contributed by atoms with Crippen molar-refractivity contribution in [2.75, 3.05) is 0 Å². The van der Waals surface area contributed by atoms with E-state index in [1.54, 1.807) is 6.07 Å². The average Bonchev–Trinajstić information content (AvgIpc) is 2.07. The summed E-state index contributed by atoms with van der Waals surface area (Å²) in [5, 5.41) is 16.9. The number of rotatable bonds is 1. The number of nitriles is 1. The minimum Gasteiger partial charge on any atom is -0.505 e. The Kier molecular flexibility index (Phi) is 2.24. The monoisotopic (exact) mass is 169 g/mol. The van der Waals surface area contributed by atoms with Gasteiger partial charge in [0, 0.05) is 5.56 Å². The first-order valence-electron chi connectivity index (χ1n) is 3.19. The third-order valence-electron chi connectivity index (χ3n) is 1.41. The Morgan fingerprint density at radius 3 is 2.58 bits per heavy atom. The molecule has 0 unspecified atom stereocenters. The molecule has 0 radical (unpaired) electrons. The molecule has 1 rings (SSSR count). The number of aromatic hydroxyl groups is 1. The summed E-state index contributed by atoms with van der Waals surface area (Å²) in [5.41, 5.74) is -0.0483. The molecule has 0 aliphatic carbocycles. The smallest absolute Gasteiger partial charge is 0.200 e. The second kappa shape index (κ2) is 3.18. The minimum absolute atomic E-state index is 0.0483. The molecule has 1 aromatic carbocycles. The van der Waals surface area contributed by atoms with E-state index in [-0.39, 0.29) is 12.0 Å². The number of halogens is 2. The Morgan fingerprint density at radius 2 is 2.00 bits per heavy atom. The van der Waals surface area contributed by atoms with Crippen molar-refractivity contribution in [2.45, 2.75) is 6.42 Å². The van der Waals surface area contributed by atoms with Gasteiger partial charge in [0.1, 0.15) is 0 Å². The molecule has 1 aromatic rings. The van der Waals surface area contributed by atoms with Gasteiger partial charge in [-0.1, -0.05) is 6.07 Å². The summed E-state index contributed by atoms with van der Waals surface area (Å²) in [7, 11) is 0. The van der Waals surface area contributed by atoms with Crippen molar-refractivity contribution in [3.8, 4) is 11.8 Å². The van der Waals surface area contributed by atoms with E-state index < -0.39 is 17.4 Å². The summed E-state index contributed by atoms with van der Waals surface area (Å²) >= 11 is 0. The molecule has 0 aliphatic heterocycles. The molecule has 0 atom stereocenters. The highest BCUT2D eigenvalue weighted by molar-refractivity contribution is 5.31. The van der Waals surface area contributed by atoms with Crippen molar-refractivity contribution in [3.63, 3.8) is 0 Å². The maximum Gasteiger partial charge on any atom is 0.200 e. The quantitative estimate of drug-likeness (QED) is 0.695. The number of hydrogen-bond acceptors (Lipinski definition) is 2. The normalized spacial score (nSPS) is 9.42. The largest absolute Gasteiger partial charge is 0.505 e. The zero-order valence-electron chi connectivity index (χ0n) is 6.01. The first-order valence-corrected chi connectivity index (χ1v) is 3.19. The van der Waals surface area contributed by atoms with Crippen molar-refractivity contribution < 1.29 is 13.9 Å². The Hall–Kier alpha value is -1.63. The maximum atomic E-state index is 12.8. The summed E-state index contributed by atoms with van der Waals surface area (Å²) in [6, 6.07) is 3.88. The lowest BCUT2D eigenvalue weighted by Crippen LogP contribution is -1.92. The van der Waals surface area contributed by atoms with Crippen molar-refractivity contribution in [3.05, 3.63) is 29.3 Å². The Bertz CT molecular complexity index is 344. The van der Waals surface area contributed by atoms with Gasteiger partial charge in [-0.3, -0.25) is 0 Å². The van der Waals surface area contributed by atoms with Crippen LogP contribution in [-0.2, 0) is 6.42 Å². The molecule has 2 nitrogen and oxygen atoms in total. The highest BCUT2D eigenvalue weighted by Gasteiger charge is 2.11. The molecule has 0 spiro atoms. The van der Waals surface area contributed by atoms with Crippen molar-refractivity contribution in [1.29, 1.82) is 5.26 Å². The van der Waals surface area contributed by atoms with Gasteiger partial charge in [-0.2, -0.15) is 9.65 Å². The van der Waals surface area contributed by atoms with Gasteiger partial charge in [0.2, 0.25) is 5.82 Å². The summed E-state index contributed by atoms with van der Waals surface area (Å²) in [4.78, 5) is 0. The van der Waals surface area contributed by atoms with Crippen LogP contribution in [0, 0.1) is 23.0 Å². The van der Waals surface area contributed by atoms with Gasteiger partial charge >= 0.3 is 0 Å². The zero-order chi connectivity index (χ0) is 9.14. The van der Waals surface area contributed by atoms with Gasteiger partial charge in [-0.25, -0.2) is 4.39 Å². The van der Waals surface area contributed by atoms with Gasteiger partial charge < -0.3 is 5.11 Å². The van der Waals surface area contributed by atoms with Crippen LogP contribution in [0.5, 0.6) is 5.75 Å². The van der Waals surface area contributed by atoms with Crippen LogP contribution in [-0.4, -0.2) is 5.11 Å². The third kappa shape index (κ3) is 1.35. The average molecular weight is 169 g/mol. The second-order valence-corrected chi connectivity index (χ2v) is 2.21. The predicted molar refractivity (Wildman–Crippen MR) is 37.3 cm³/mol. The summed E-state index contributed by atoms with van der Waals surface area (Å²) < 4.78 is 25.3. The van der Waals surface area contributed by atoms with E-state index in [1.807, 2.05) is 0 Å². The van der Waals surface area contributed by atoms with Crippen LogP contribution in [0.25, 0.3) is 0 Å². The molecular weight excluding hydrogens is 164 g/mol. The molecule has 0 saturated heterocycles. The van der Waals surface area contributed by atoms with Gasteiger partial charge in [-0.15, -0.1) is 0 Å². The standard InChI is InChI=1S/C8H5F2NO/c9-7-5(3-4-11)1-2-6(12)8(7)10/h1-2,12H,3H2. The molecule has 0 heterocycles. The Labute approximate surface area is 67.7 Å². The molecule has 1 N–H and O–H groups in total. The fraction of sp³-hybridized carbons (Fsp3) is 0.125. The van der Waals surface area contributed by atoms with Gasteiger partial charge in [0.05, 0.1) is 12.5 Å². The predicted octanol–water partition coefficient (Wildman–Crippen LogP) is 1.74. The molecule has 0 aliphatic rings. The van der Waals surface area contributed by atoms with E-state index in [4.69, 9.17) is 10.4 Å². The first kappa shape index (κ1) is 8.47. The molecule has 0 bridgehead atoms. The molecule has 62 valence electrons. The summed E-state index contributed by atoms with van der Waals surface area (Å²) in [6.45, 7) is 0. The fourth-order valence-electron chi connectivity index (χ4n) is 0.801. The number of benzene rings is 1. The van der Waals surface area contributed by atoms with Crippen LogP contribution in [0.2, 0.25) is 0 Å². The number of phenols is 1. The highest BCUT2D eigenvalue weighted by atomic mass is 19.2. The van der Waals surface area contributed by atoms with E-state index in [0.717, 1.165) is 6.07 Å². The van der Waals surface area contributed by atoms with Crippen LogP contribution in [0.1, 0.15) is 5.56 Å². The lowest BCUT2D eigenvalue weighted by atomic mass is 10.1. The summed E-state index contributed by atoms with van der Waals surface area (Å²) in [6.07, 6.45) is -0.205. The molecule has 0 amide bonds. The highest BCUT2D eigenvalue weighted by Crippen LogP contribution is 2.21. The lowest BCUT2D eigenvalue weighted by Gasteiger charge is -2.00. The van der Waals surface area contributed by atoms with Crippen LogP contribution in [0.4, 0.5) is 8.78 Å². The van der Waals surface area contributed by atoms with E-state index in [9.17, 15) is 8.78 Å². The number of nitrogens with zero attached hydrogens (tertiary/aromatic N) is 1. The topological polar surface area (TPSA) is 44.0 Å². The lowest BCUT2D eigenvalue weighted by molar-refractivity contribution is 0.404. The Morgan fingerprint density at radius 1 is 1.33 bits per heavy atom. The van der Waals surface area contributed by atoms with Gasteiger partial charge in [0.25, 0.3) is 0 Å². The SMILES string of the molecule is N#CCc1ccc(O)c(F)c1F. The molecular formula is C8H5F2NO. The molecule has 12 heavy (non-hydrogen) atoms. The molecule has 4 heteroatoms. The second-order valence-electron chi connectivity index (χ2n) is 2.21. The van der Waals surface area contributed by atoms with Crippen molar-refractivity contribution in [2.24, 2.45) is 0 Å². The fourth-order valence-corrected chi connectivity index (χ4v) is 0.801. The van der Waals surface area contributed by atoms with Crippen molar-refractivity contribution in [1.82, 2.24) is 0 Å². The van der Waals surface area contributed by atoms with Crippen LogP contribution in [0.3, 0.4) is 0 Å². The zero-order valence-corrected chi connectivity index (χ0v) is 6.01. The Balaban J connectivity index is 3.19. The third-order valence-corrected chi connectivity index (χ3v) is 1.41. The van der Waals surface area contributed by atoms with E-state index >= 15 is 0 Å². The molecule has 0 saturated carbocycles. The first-order chi connectivity index (χ1) is 5.66. The maximum absolute atomic E-state index is 12.8. The molecule has 0 aromatic heterocycles. The minimum atomic E-state index is -1.30. The van der Waals surface area contributed by atoms with E-state index in [2.05, 4.69) is 0 Å². The van der Waals surface area contributed by atoms with Crippen LogP contribution < -0.4 is 0 Å².